The third-order valence-corrected chi connectivity index (χ3v) is 10.2. The summed E-state index contributed by atoms with van der Waals surface area (Å²) in [6.45, 7) is 12.4. The Balaban J connectivity index is 0.000000250. The van der Waals surface area contributed by atoms with E-state index in [0.29, 0.717) is 16.5 Å². The highest BCUT2D eigenvalue weighted by atomic mass is 35.5. The van der Waals surface area contributed by atoms with Gasteiger partial charge in [-0.1, -0.05) is 138 Å². The van der Waals surface area contributed by atoms with E-state index < -0.39 is 0 Å². The van der Waals surface area contributed by atoms with Crippen LogP contribution in [-0.2, 0) is 5.54 Å². The van der Waals surface area contributed by atoms with Crippen molar-refractivity contribution in [1.29, 1.82) is 0 Å². The molecule has 5 aromatic rings. The number of nitrogens with zero attached hydrogens (tertiary/aromatic N) is 1. The highest BCUT2D eigenvalue weighted by Crippen LogP contribution is 2.52. The Morgan fingerprint density at radius 3 is 2.08 bits per heavy atom. The summed E-state index contributed by atoms with van der Waals surface area (Å²) in [5.74, 6) is 1.45. The number of nitrogens with one attached hydrogen (secondary N) is 1. The molecule has 2 atom stereocenters. The highest BCUT2D eigenvalue weighted by Gasteiger charge is 2.47. The largest absolute Gasteiger partial charge is 0.375 e. The molecule has 4 aromatic carbocycles. The maximum atomic E-state index is 12.0. The Morgan fingerprint density at radius 1 is 0.863 bits per heavy atom. The third kappa shape index (κ3) is 10.3. The van der Waals surface area contributed by atoms with Crippen LogP contribution in [0, 0.1) is 5.92 Å². The van der Waals surface area contributed by atoms with Crippen LogP contribution in [-0.4, -0.2) is 16.6 Å². The molecular formula is C46H55ClN2O2. The lowest BCUT2D eigenvalue weighted by molar-refractivity contribution is 0.101. The van der Waals surface area contributed by atoms with E-state index in [2.05, 4.69) is 104 Å². The van der Waals surface area contributed by atoms with E-state index >= 15 is 0 Å². The number of para-hydroxylation sites is 1. The van der Waals surface area contributed by atoms with Crippen LogP contribution >= 0.6 is 11.6 Å². The van der Waals surface area contributed by atoms with Gasteiger partial charge in [0.1, 0.15) is 6.29 Å². The second kappa shape index (κ2) is 19.3. The van der Waals surface area contributed by atoms with Crippen LogP contribution in [0.2, 0.25) is 5.02 Å². The molecule has 51 heavy (non-hydrogen) atoms. The van der Waals surface area contributed by atoms with Crippen molar-refractivity contribution in [3.63, 3.8) is 0 Å². The first-order chi connectivity index (χ1) is 24.8. The van der Waals surface area contributed by atoms with Crippen molar-refractivity contribution in [3.05, 3.63) is 143 Å². The molecule has 0 amide bonds. The maximum Gasteiger partial charge on any atom is 0.161 e. The fourth-order valence-corrected chi connectivity index (χ4v) is 6.86. The molecule has 0 radical (unpaired) electrons. The lowest BCUT2D eigenvalue weighted by Crippen LogP contribution is -2.19. The molecule has 1 fully saturated rings. The minimum absolute atomic E-state index is 0.0290. The molecule has 1 N–H and O–H groups in total. The van der Waals surface area contributed by atoms with Crippen LogP contribution in [0.3, 0.4) is 0 Å². The molecule has 2 unspecified atom stereocenters. The van der Waals surface area contributed by atoms with Gasteiger partial charge in [0.25, 0.3) is 0 Å². The minimum Gasteiger partial charge on any atom is -0.375 e. The van der Waals surface area contributed by atoms with Crippen molar-refractivity contribution in [1.82, 2.24) is 4.57 Å². The number of aromatic nitrogens is 1. The molecule has 4 nitrogen and oxygen atoms in total. The molecule has 6 rings (SSSR count). The summed E-state index contributed by atoms with van der Waals surface area (Å²) in [6, 6.07) is 36.9. The molecular weight excluding hydrogens is 648 g/mol. The summed E-state index contributed by atoms with van der Waals surface area (Å²) in [7, 11) is 0. The van der Waals surface area contributed by atoms with Crippen LogP contribution < -0.4 is 5.32 Å². The number of hydrogen-bond acceptors (Lipinski definition) is 3. The van der Waals surface area contributed by atoms with Gasteiger partial charge in [0.15, 0.2) is 5.78 Å². The van der Waals surface area contributed by atoms with Gasteiger partial charge >= 0.3 is 0 Å². The molecule has 1 aliphatic rings. The summed E-state index contributed by atoms with van der Waals surface area (Å²) >= 11 is 6.22. The van der Waals surface area contributed by atoms with Crippen LogP contribution in [0.25, 0.3) is 16.9 Å². The van der Waals surface area contributed by atoms with Gasteiger partial charge in [-0.15, -0.1) is 0 Å². The fourth-order valence-electron chi connectivity index (χ4n) is 6.61. The van der Waals surface area contributed by atoms with Gasteiger partial charge < -0.3 is 9.88 Å². The number of rotatable bonds is 14. The SMILES string of the molecule is CC.CC(=O)c1cc(NC2(c3ccn(-c4ccccc4)c3-c3ccccc3)CC2)ccc1Cl.CCCC(CCC(C)CC)c1ccc(C=O)cc1. The minimum atomic E-state index is -0.160. The van der Waals surface area contributed by atoms with Crippen LogP contribution in [0.4, 0.5) is 5.69 Å². The standard InChI is InChI=1S/C27H23ClN2O.C17H26O.C2H6/c1-19(31)23-18-21(12-13-25(23)28)29-27(15-16-27)24-14-17-30(22-10-6-3-7-11-22)26(24)20-8-4-2-5-9-20;1-4-6-16(10-7-14(3)5-2)17-11-8-15(13-18)9-12-17;1-2/h2-14,17-18,29H,15-16H2,1H3;8-9,11-14,16H,4-7,10H2,1-3H3;1-2H3. The molecule has 0 spiro atoms. The van der Waals surface area contributed by atoms with Crippen molar-refractivity contribution in [2.75, 3.05) is 5.32 Å². The maximum absolute atomic E-state index is 12.0. The topological polar surface area (TPSA) is 51.1 Å². The lowest BCUT2D eigenvalue weighted by atomic mass is 9.87. The van der Waals surface area contributed by atoms with Crippen LogP contribution in [0.5, 0.6) is 0 Å². The van der Waals surface area contributed by atoms with Gasteiger partial charge in [0.05, 0.1) is 16.3 Å². The molecule has 0 aliphatic heterocycles. The zero-order chi connectivity index (χ0) is 36.8. The smallest absolute Gasteiger partial charge is 0.161 e. The number of carbonyl (C=O) groups excluding carboxylic acids is 2. The number of aldehydes is 1. The predicted octanol–water partition coefficient (Wildman–Crippen LogP) is 13.3. The van der Waals surface area contributed by atoms with E-state index in [9.17, 15) is 9.59 Å². The average Bonchev–Trinajstić information content (AvgIpc) is 3.81. The summed E-state index contributed by atoms with van der Waals surface area (Å²) in [5.41, 5.74) is 8.24. The number of hydrogen-bond donors (Lipinski definition) is 1. The molecule has 268 valence electrons. The van der Waals surface area contributed by atoms with Gasteiger partial charge in [0, 0.05) is 34.3 Å². The molecule has 1 aromatic heterocycles. The quantitative estimate of drug-likeness (QED) is 0.0925. The van der Waals surface area contributed by atoms with Gasteiger partial charge in [-0.25, -0.2) is 0 Å². The predicted molar refractivity (Wildman–Crippen MR) is 217 cm³/mol. The Bertz CT molecular complexity index is 1810. The molecule has 0 saturated heterocycles. The normalized spacial score (nSPS) is 13.8. The number of ketones is 1. The van der Waals surface area contributed by atoms with Crippen molar-refractivity contribution in [3.8, 4) is 16.9 Å². The average molecular weight is 703 g/mol. The summed E-state index contributed by atoms with van der Waals surface area (Å²) in [6.07, 6.45) is 11.4. The summed E-state index contributed by atoms with van der Waals surface area (Å²) in [5, 5.41) is 4.21. The van der Waals surface area contributed by atoms with Crippen molar-refractivity contribution < 1.29 is 9.59 Å². The summed E-state index contributed by atoms with van der Waals surface area (Å²) in [4.78, 5) is 22.6. The van der Waals surface area contributed by atoms with Gasteiger partial charge in [0.2, 0.25) is 0 Å². The zero-order valence-corrected chi connectivity index (χ0v) is 32.0. The number of Topliss-reactive ketones (excluding diaryl/α,β-unsaturated/α-hetero) is 1. The first kappa shape index (κ1) is 39.4. The molecule has 0 bridgehead atoms. The lowest BCUT2D eigenvalue weighted by Gasteiger charge is -2.22. The number of benzene rings is 4. The van der Waals surface area contributed by atoms with Gasteiger partial charge in [-0.05, 0) is 92.0 Å². The van der Waals surface area contributed by atoms with Crippen molar-refractivity contribution >= 4 is 29.4 Å². The van der Waals surface area contributed by atoms with E-state index in [0.717, 1.165) is 42.0 Å². The number of anilines is 1. The molecule has 1 saturated carbocycles. The van der Waals surface area contributed by atoms with E-state index in [4.69, 9.17) is 11.6 Å². The molecule has 1 aliphatic carbocycles. The fraction of sp³-hybridized carbons (Fsp3) is 0.348. The first-order valence-electron chi connectivity index (χ1n) is 18.7. The Kier molecular flexibility index (Phi) is 14.9. The number of carbonyl (C=O) groups is 2. The zero-order valence-electron chi connectivity index (χ0n) is 31.3. The van der Waals surface area contributed by atoms with Crippen LogP contribution in [0.15, 0.2) is 115 Å². The van der Waals surface area contributed by atoms with Gasteiger partial charge in [-0.3, -0.25) is 9.59 Å². The Hall–Kier alpha value is -4.41. The molecule has 1 heterocycles. The molecule has 5 heteroatoms. The highest BCUT2D eigenvalue weighted by molar-refractivity contribution is 6.34. The van der Waals surface area contributed by atoms with Gasteiger partial charge in [-0.2, -0.15) is 0 Å². The first-order valence-corrected chi connectivity index (χ1v) is 19.1. The van der Waals surface area contributed by atoms with Crippen molar-refractivity contribution in [2.45, 2.75) is 97.9 Å². The second-order valence-corrected chi connectivity index (χ2v) is 13.9. The van der Waals surface area contributed by atoms with Crippen molar-refractivity contribution in [2.24, 2.45) is 5.92 Å². The Morgan fingerprint density at radius 2 is 1.51 bits per heavy atom. The van der Waals surface area contributed by atoms with E-state index in [1.165, 1.54) is 54.5 Å². The van der Waals surface area contributed by atoms with E-state index in [1.54, 1.807) is 13.0 Å². The Labute approximate surface area is 311 Å². The summed E-state index contributed by atoms with van der Waals surface area (Å²) < 4.78 is 2.26. The number of halogens is 1. The van der Waals surface area contributed by atoms with E-state index in [-0.39, 0.29) is 11.3 Å². The van der Waals surface area contributed by atoms with Crippen LogP contribution in [0.1, 0.15) is 124 Å². The third-order valence-electron chi connectivity index (χ3n) is 9.85. The monoisotopic (exact) mass is 702 g/mol. The second-order valence-electron chi connectivity index (χ2n) is 13.5. The van der Waals surface area contributed by atoms with E-state index in [1.807, 2.05) is 50.2 Å².